The first-order valence-corrected chi connectivity index (χ1v) is 11.5. The van der Waals surface area contributed by atoms with Crippen LogP contribution in [-0.2, 0) is 15.3 Å². The quantitative estimate of drug-likeness (QED) is 0.297. The summed E-state index contributed by atoms with van der Waals surface area (Å²) < 4.78 is 15.8. The Morgan fingerprint density at radius 2 is 1.79 bits per heavy atom. The number of aromatic amines is 1. The Hall–Kier alpha value is -3.72. The number of carbonyl (C=O) groups excluding carboxylic acids is 1. The van der Waals surface area contributed by atoms with Crippen LogP contribution in [0.4, 0.5) is 5.82 Å². The molecule has 0 radical (unpaired) electrons. The molecule has 4 rings (SSSR count). The number of thioether (sulfide) groups is 1. The average Bonchev–Trinajstić information content (AvgIpc) is 2.86. The number of rotatable bonds is 7. The number of nitrogens with zero attached hydrogens (tertiary/aromatic N) is 1. The molecule has 3 aromatic rings. The molecule has 9 heteroatoms. The fraction of sp³-hybridized carbons (Fsp3) is 0.240. The highest BCUT2D eigenvalue weighted by atomic mass is 32.2. The largest absolute Gasteiger partial charge is 0.493 e. The van der Waals surface area contributed by atoms with Crippen LogP contribution in [0.3, 0.4) is 0 Å². The predicted octanol–water partition coefficient (Wildman–Crippen LogP) is 4.08. The number of hydrogen-bond acceptors (Lipinski definition) is 8. The van der Waals surface area contributed by atoms with Gasteiger partial charge in [-0.1, -0.05) is 48.2 Å². The van der Waals surface area contributed by atoms with Crippen molar-refractivity contribution in [3.8, 4) is 11.5 Å². The fourth-order valence-corrected chi connectivity index (χ4v) is 4.79. The van der Waals surface area contributed by atoms with Crippen molar-refractivity contribution in [1.82, 2.24) is 9.97 Å². The molecule has 1 aromatic heterocycles. The minimum Gasteiger partial charge on any atom is -0.493 e. The van der Waals surface area contributed by atoms with Crippen molar-refractivity contribution in [3.05, 3.63) is 86.8 Å². The number of allylic oxidation sites excluding steroid dienone is 1. The third-order valence-corrected chi connectivity index (χ3v) is 6.53. The first kappa shape index (κ1) is 23.4. The Morgan fingerprint density at radius 1 is 1.06 bits per heavy atom. The summed E-state index contributed by atoms with van der Waals surface area (Å²) in [6.45, 7) is 1.77. The first-order valence-electron chi connectivity index (χ1n) is 10.6. The van der Waals surface area contributed by atoms with Crippen molar-refractivity contribution in [1.29, 1.82) is 0 Å². The van der Waals surface area contributed by atoms with Crippen molar-refractivity contribution in [2.24, 2.45) is 0 Å². The number of benzene rings is 2. The molecule has 2 aromatic carbocycles. The van der Waals surface area contributed by atoms with E-state index >= 15 is 0 Å². The number of ether oxygens (including phenoxy) is 3. The van der Waals surface area contributed by atoms with Gasteiger partial charge in [-0.15, -0.1) is 0 Å². The number of esters is 1. The molecule has 0 spiro atoms. The lowest BCUT2D eigenvalue weighted by Crippen LogP contribution is -2.31. The van der Waals surface area contributed by atoms with Crippen molar-refractivity contribution in [2.75, 3.05) is 26.6 Å². The number of H-pyrrole nitrogens is 1. The number of fused-ring (bicyclic) bond motifs is 1. The Balaban J connectivity index is 1.80. The lowest BCUT2D eigenvalue weighted by atomic mass is 9.82. The van der Waals surface area contributed by atoms with E-state index in [0.717, 1.165) is 5.56 Å². The minimum absolute atomic E-state index is 0.332. The summed E-state index contributed by atoms with van der Waals surface area (Å²) in [7, 11) is 4.39. The molecule has 34 heavy (non-hydrogen) atoms. The maximum absolute atomic E-state index is 13.3. The fourth-order valence-electron chi connectivity index (χ4n) is 3.97. The van der Waals surface area contributed by atoms with E-state index in [1.165, 1.54) is 26.0 Å². The van der Waals surface area contributed by atoms with E-state index in [4.69, 9.17) is 14.2 Å². The van der Waals surface area contributed by atoms with Gasteiger partial charge in [-0.05, 0) is 30.2 Å². The van der Waals surface area contributed by atoms with Crippen LogP contribution in [-0.4, -0.2) is 37.3 Å². The lowest BCUT2D eigenvalue weighted by Gasteiger charge is -2.29. The molecule has 0 bridgehead atoms. The molecule has 1 unspecified atom stereocenters. The van der Waals surface area contributed by atoms with Crippen LogP contribution in [0.5, 0.6) is 11.5 Å². The van der Waals surface area contributed by atoms with Gasteiger partial charge in [-0.2, -0.15) is 0 Å². The van der Waals surface area contributed by atoms with Crippen molar-refractivity contribution < 1.29 is 19.0 Å². The SMILES string of the molecule is COC(=O)C1=C(C)Nc2nc(SCc3ccccc3)[nH]c(=O)c2C1c1ccc(OC)c(OC)c1. The zero-order valence-electron chi connectivity index (χ0n) is 19.3. The Kier molecular flexibility index (Phi) is 6.93. The molecular weight excluding hydrogens is 454 g/mol. The lowest BCUT2D eigenvalue weighted by molar-refractivity contribution is -0.136. The molecular formula is C25H25N3O5S. The van der Waals surface area contributed by atoms with Gasteiger partial charge in [0.25, 0.3) is 5.56 Å². The number of nitrogens with one attached hydrogen (secondary N) is 2. The van der Waals surface area contributed by atoms with Gasteiger partial charge < -0.3 is 24.5 Å². The third-order valence-electron chi connectivity index (χ3n) is 5.59. The smallest absolute Gasteiger partial charge is 0.336 e. The highest BCUT2D eigenvalue weighted by Crippen LogP contribution is 2.42. The maximum atomic E-state index is 13.3. The van der Waals surface area contributed by atoms with E-state index in [1.807, 2.05) is 30.3 Å². The van der Waals surface area contributed by atoms with E-state index in [1.54, 1.807) is 32.2 Å². The van der Waals surface area contributed by atoms with Crippen molar-refractivity contribution in [2.45, 2.75) is 23.8 Å². The van der Waals surface area contributed by atoms with E-state index in [0.29, 0.717) is 50.6 Å². The zero-order valence-corrected chi connectivity index (χ0v) is 20.1. The molecule has 0 aliphatic carbocycles. The Labute approximate surface area is 201 Å². The second kappa shape index (κ2) is 10.0. The predicted molar refractivity (Wildman–Crippen MR) is 131 cm³/mol. The van der Waals surface area contributed by atoms with Crippen LogP contribution >= 0.6 is 11.8 Å². The molecule has 176 valence electrons. The minimum atomic E-state index is -0.701. The highest BCUT2D eigenvalue weighted by Gasteiger charge is 2.36. The van der Waals surface area contributed by atoms with Gasteiger partial charge in [-0.3, -0.25) is 4.79 Å². The summed E-state index contributed by atoms with van der Waals surface area (Å²) in [4.78, 5) is 33.7. The molecule has 0 saturated heterocycles. The summed E-state index contributed by atoms with van der Waals surface area (Å²) in [5, 5.41) is 3.62. The number of carbonyl (C=O) groups is 1. The monoisotopic (exact) mass is 479 g/mol. The third kappa shape index (κ3) is 4.51. The standard InChI is InChI=1S/C25H25N3O5S/c1-14-19(24(30)33-4)20(16-10-11-17(31-2)18(12-16)32-3)21-22(26-14)27-25(28-23(21)29)34-13-15-8-6-5-7-9-15/h5-12,20H,13H2,1-4H3,(H2,26,27,28,29). The van der Waals surface area contributed by atoms with Crippen LogP contribution in [0.25, 0.3) is 0 Å². The molecule has 1 aliphatic rings. The van der Waals surface area contributed by atoms with E-state index in [2.05, 4.69) is 15.3 Å². The molecule has 2 N–H and O–H groups in total. The second-order valence-electron chi connectivity index (χ2n) is 7.61. The van der Waals surface area contributed by atoms with E-state index in [9.17, 15) is 9.59 Å². The average molecular weight is 480 g/mol. The number of anilines is 1. The highest BCUT2D eigenvalue weighted by molar-refractivity contribution is 7.98. The number of hydrogen-bond donors (Lipinski definition) is 2. The first-order chi connectivity index (χ1) is 16.5. The van der Waals surface area contributed by atoms with Gasteiger partial charge in [0.1, 0.15) is 5.82 Å². The normalized spacial score (nSPS) is 14.8. The molecule has 1 atom stereocenters. The van der Waals surface area contributed by atoms with Gasteiger partial charge in [0.05, 0.1) is 38.4 Å². The summed E-state index contributed by atoms with van der Waals surface area (Å²) in [5.41, 5.74) is 2.70. The van der Waals surface area contributed by atoms with Gasteiger partial charge in [-0.25, -0.2) is 9.78 Å². The molecule has 0 amide bonds. The van der Waals surface area contributed by atoms with E-state index in [-0.39, 0.29) is 5.56 Å². The van der Waals surface area contributed by atoms with Gasteiger partial charge in [0, 0.05) is 11.4 Å². The number of methoxy groups -OCH3 is 3. The summed E-state index contributed by atoms with van der Waals surface area (Å²) >= 11 is 1.43. The topological polar surface area (TPSA) is 103 Å². The van der Waals surface area contributed by atoms with E-state index < -0.39 is 11.9 Å². The number of aromatic nitrogens is 2. The van der Waals surface area contributed by atoms with Crippen molar-refractivity contribution >= 4 is 23.5 Å². The Bertz CT molecular complexity index is 1300. The van der Waals surface area contributed by atoms with Crippen LogP contribution < -0.4 is 20.3 Å². The molecule has 1 aliphatic heterocycles. The van der Waals surface area contributed by atoms with Crippen molar-refractivity contribution in [3.63, 3.8) is 0 Å². The molecule has 2 heterocycles. The Morgan fingerprint density at radius 3 is 2.47 bits per heavy atom. The van der Waals surface area contributed by atoms with Gasteiger partial charge in [0.15, 0.2) is 16.7 Å². The molecule has 0 saturated carbocycles. The maximum Gasteiger partial charge on any atom is 0.336 e. The second-order valence-corrected chi connectivity index (χ2v) is 8.57. The van der Waals surface area contributed by atoms with Gasteiger partial charge in [0.2, 0.25) is 0 Å². The van der Waals surface area contributed by atoms with Crippen LogP contribution in [0.1, 0.15) is 29.5 Å². The summed E-state index contributed by atoms with van der Waals surface area (Å²) in [5.74, 6) is 0.862. The zero-order chi connectivity index (χ0) is 24.2. The van der Waals surface area contributed by atoms with Crippen LogP contribution in [0.15, 0.2) is 69.8 Å². The molecule has 0 fully saturated rings. The summed E-state index contributed by atoms with van der Waals surface area (Å²) in [6.07, 6.45) is 0. The molecule has 8 nitrogen and oxygen atoms in total. The summed E-state index contributed by atoms with van der Waals surface area (Å²) in [6, 6.07) is 15.2. The van der Waals surface area contributed by atoms with Crippen LogP contribution in [0.2, 0.25) is 0 Å². The van der Waals surface area contributed by atoms with Crippen LogP contribution in [0, 0.1) is 0 Å². The van der Waals surface area contributed by atoms with Gasteiger partial charge >= 0.3 is 5.97 Å².